The molecule has 1 nitrogen and oxygen atoms in total. The monoisotopic (exact) mass is 121 g/mol. The molecule has 1 saturated heterocycles. The van der Waals surface area contributed by atoms with Gasteiger partial charge in [-0.2, -0.15) is 0 Å². The fourth-order valence-corrected chi connectivity index (χ4v) is 2.30. The van der Waals surface area contributed by atoms with Gasteiger partial charge < -0.3 is 0 Å². The SMILES string of the molecule is C1=C2C[C@H]2N2CCCC12. The average Bonchev–Trinajstić information content (AvgIpc) is 2.38. The molecule has 0 amide bonds. The topological polar surface area (TPSA) is 3.24 Å². The third-order valence-electron chi connectivity index (χ3n) is 2.85. The van der Waals surface area contributed by atoms with Crippen LogP contribution >= 0.6 is 0 Å². The Labute approximate surface area is 55.3 Å². The minimum absolute atomic E-state index is 0.874. The lowest BCUT2D eigenvalue weighted by Gasteiger charge is -2.15. The van der Waals surface area contributed by atoms with Crippen LogP contribution in [0.15, 0.2) is 11.6 Å². The molecule has 1 saturated carbocycles. The van der Waals surface area contributed by atoms with E-state index in [0.717, 1.165) is 12.1 Å². The van der Waals surface area contributed by atoms with Gasteiger partial charge in [0.1, 0.15) is 0 Å². The van der Waals surface area contributed by atoms with Crippen molar-refractivity contribution < 1.29 is 0 Å². The molecule has 2 fully saturated rings. The minimum atomic E-state index is 0.874. The molecule has 1 unspecified atom stereocenters. The highest BCUT2D eigenvalue weighted by Gasteiger charge is 2.45. The summed E-state index contributed by atoms with van der Waals surface area (Å²) in [5.41, 5.74) is 1.74. The van der Waals surface area contributed by atoms with Crippen LogP contribution in [0.5, 0.6) is 0 Å². The maximum atomic E-state index is 2.66. The zero-order valence-electron chi connectivity index (χ0n) is 5.51. The first-order valence-electron chi connectivity index (χ1n) is 3.91. The smallest absolute Gasteiger partial charge is 0.0352 e. The van der Waals surface area contributed by atoms with Crippen molar-refractivity contribution in [1.29, 1.82) is 0 Å². The quantitative estimate of drug-likeness (QED) is 0.435. The van der Waals surface area contributed by atoms with Crippen molar-refractivity contribution >= 4 is 0 Å². The lowest BCUT2D eigenvalue weighted by Crippen LogP contribution is -2.26. The van der Waals surface area contributed by atoms with Gasteiger partial charge in [-0.25, -0.2) is 0 Å². The molecule has 1 aliphatic carbocycles. The van der Waals surface area contributed by atoms with E-state index in [4.69, 9.17) is 0 Å². The molecule has 48 valence electrons. The molecule has 3 rings (SSSR count). The molecule has 0 N–H and O–H groups in total. The zero-order valence-corrected chi connectivity index (χ0v) is 5.51. The van der Waals surface area contributed by atoms with Crippen LogP contribution in [-0.4, -0.2) is 23.5 Å². The van der Waals surface area contributed by atoms with Crippen LogP contribution < -0.4 is 0 Å². The molecule has 2 atom stereocenters. The predicted octanol–water partition coefficient (Wildman–Crippen LogP) is 1.16. The van der Waals surface area contributed by atoms with Gasteiger partial charge in [-0.3, -0.25) is 4.90 Å². The van der Waals surface area contributed by atoms with Crippen LogP contribution in [0.2, 0.25) is 0 Å². The van der Waals surface area contributed by atoms with E-state index in [1.807, 2.05) is 0 Å². The van der Waals surface area contributed by atoms with Crippen LogP contribution in [0, 0.1) is 0 Å². The Hall–Kier alpha value is -0.300. The Morgan fingerprint density at radius 2 is 2.56 bits per heavy atom. The second-order valence-corrected chi connectivity index (χ2v) is 3.41. The van der Waals surface area contributed by atoms with Gasteiger partial charge in [0.25, 0.3) is 0 Å². The first-order valence-corrected chi connectivity index (χ1v) is 3.91. The lowest BCUT2D eigenvalue weighted by atomic mass is 10.2. The maximum Gasteiger partial charge on any atom is 0.0352 e. The summed E-state index contributed by atoms with van der Waals surface area (Å²) in [4.78, 5) is 2.66. The van der Waals surface area contributed by atoms with E-state index >= 15 is 0 Å². The molecule has 0 aromatic rings. The number of rotatable bonds is 0. The highest BCUT2D eigenvalue weighted by Crippen LogP contribution is 2.45. The fraction of sp³-hybridized carbons (Fsp3) is 0.750. The summed E-state index contributed by atoms with van der Waals surface area (Å²) in [6, 6.07) is 1.80. The van der Waals surface area contributed by atoms with E-state index in [1.54, 1.807) is 5.57 Å². The number of fused-ring (bicyclic) bond motifs is 3. The molecule has 2 heterocycles. The Kier molecular flexibility index (Phi) is 0.620. The average molecular weight is 121 g/mol. The lowest BCUT2D eigenvalue weighted by molar-refractivity contribution is 0.301. The largest absolute Gasteiger partial charge is 0.290 e. The summed E-state index contributed by atoms with van der Waals surface area (Å²) in [5, 5.41) is 0. The van der Waals surface area contributed by atoms with E-state index < -0.39 is 0 Å². The molecular weight excluding hydrogens is 110 g/mol. The molecule has 0 bridgehead atoms. The third kappa shape index (κ3) is 0.445. The van der Waals surface area contributed by atoms with Crippen LogP contribution in [0.25, 0.3) is 0 Å². The first kappa shape index (κ1) is 4.51. The van der Waals surface area contributed by atoms with Gasteiger partial charge in [0.15, 0.2) is 0 Å². The summed E-state index contributed by atoms with van der Waals surface area (Å²) in [5.74, 6) is 0. The summed E-state index contributed by atoms with van der Waals surface area (Å²) >= 11 is 0. The normalized spacial score (nSPS) is 46.4. The van der Waals surface area contributed by atoms with E-state index in [0.29, 0.717) is 0 Å². The Morgan fingerprint density at radius 3 is 3.44 bits per heavy atom. The summed E-state index contributed by atoms with van der Waals surface area (Å²) < 4.78 is 0. The molecule has 9 heavy (non-hydrogen) atoms. The van der Waals surface area contributed by atoms with Gasteiger partial charge >= 0.3 is 0 Å². The summed E-state index contributed by atoms with van der Waals surface area (Å²) in [6.45, 7) is 1.37. The fourth-order valence-electron chi connectivity index (χ4n) is 2.30. The Morgan fingerprint density at radius 1 is 1.56 bits per heavy atom. The number of nitrogens with zero attached hydrogens (tertiary/aromatic N) is 1. The zero-order chi connectivity index (χ0) is 5.84. The second kappa shape index (κ2) is 1.24. The first-order chi connectivity index (χ1) is 4.45. The maximum absolute atomic E-state index is 2.66. The van der Waals surface area contributed by atoms with Gasteiger partial charge in [0.2, 0.25) is 0 Å². The summed E-state index contributed by atoms with van der Waals surface area (Å²) in [7, 11) is 0. The van der Waals surface area contributed by atoms with E-state index in [9.17, 15) is 0 Å². The van der Waals surface area contributed by atoms with Crippen LogP contribution in [0.3, 0.4) is 0 Å². The van der Waals surface area contributed by atoms with Crippen molar-refractivity contribution in [2.24, 2.45) is 0 Å². The van der Waals surface area contributed by atoms with Crippen molar-refractivity contribution in [3.05, 3.63) is 11.6 Å². The standard InChI is InChI=1S/C8H11N/c1-2-7-4-6-5-8(6)9(7)3-1/h4,7-8H,1-3,5H2/t7?,8-/m1/s1. The van der Waals surface area contributed by atoms with Crippen molar-refractivity contribution in [2.75, 3.05) is 6.54 Å². The van der Waals surface area contributed by atoms with Crippen LogP contribution in [0.4, 0.5) is 0 Å². The Balaban J connectivity index is 1.99. The van der Waals surface area contributed by atoms with Crippen LogP contribution in [-0.2, 0) is 0 Å². The number of hydrogen-bond acceptors (Lipinski definition) is 1. The van der Waals surface area contributed by atoms with E-state index in [2.05, 4.69) is 11.0 Å². The molecule has 0 aromatic heterocycles. The van der Waals surface area contributed by atoms with Crippen molar-refractivity contribution in [1.82, 2.24) is 4.90 Å². The van der Waals surface area contributed by atoms with E-state index in [1.165, 1.54) is 25.8 Å². The molecule has 0 spiro atoms. The predicted molar refractivity (Wildman–Crippen MR) is 36.2 cm³/mol. The molecular formula is C8H11N. The highest BCUT2D eigenvalue weighted by molar-refractivity contribution is 5.37. The Bertz CT molecular complexity index is 183. The molecule has 2 aliphatic heterocycles. The van der Waals surface area contributed by atoms with Gasteiger partial charge in [0, 0.05) is 12.1 Å². The highest BCUT2D eigenvalue weighted by atomic mass is 15.2. The van der Waals surface area contributed by atoms with E-state index in [-0.39, 0.29) is 0 Å². The van der Waals surface area contributed by atoms with Gasteiger partial charge in [-0.15, -0.1) is 0 Å². The molecule has 0 radical (unpaired) electrons. The molecule has 0 aromatic carbocycles. The van der Waals surface area contributed by atoms with Crippen molar-refractivity contribution in [2.45, 2.75) is 31.3 Å². The van der Waals surface area contributed by atoms with Gasteiger partial charge in [-0.1, -0.05) is 11.6 Å². The second-order valence-electron chi connectivity index (χ2n) is 3.41. The summed E-state index contributed by atoms with van der Waals surface area (Å²) in [6.07, 6.45) is 6.76. The third-order valence-corrected chi connectivity index (χ3v) is 2.85. The molecule has 3 aliphatic rings. The van der Waals surface area contributed by atoms with Gasteiger partial charge in [0.05, 0.1) is 0 Å². The number of hydrogen-bond donors (Lipinski definition) is 0. The van der Waals surface area contributed by atoms with Gasteiger partial charge in [-0.05, 0) is 25.8 Å². The molecule has 1 heteroatoms. The van der Waals surface area contributed by atoms with Crippen molar-refractivity contribution in [3.8, 4) is 0 Å². The minimum Gasteiger partial charge on any atom is -0.290 e. The van der Waals surface area contributed by atoms with Crippen molar-refractivity contribution in [3.63, 3.8) is 0 Å². The van der Waals surface area contributed by atoms with Crippen LogP contribution in [0.1, 0.15) is 19.3 Å².